The van der Waals surface area contributed by atoms with Crippen molar-refractivity contribution in [3.63, 3.8) is 0 Å². The third-order valence-corrected chi connectivity index (χ3v) is 5.81. The Bertz CT molecular complexity index is 650. The average Bonchev–Trinajstić information content (AvgIpc) is 3.09. The van der Waals surface area contributed by atoms with E-state index in [2.05, 4.69) is 22.5 Å². The van der Waals surface area contributed by atoms with E-state index in [0.29, 0.717) is 6.04 Å². The highest BCUT2D eigenvalue weighted by atomic mass is 32.2. The summed E-state index contributed by atoms with van der Waals surface area (Å²) >= 11 is 1.72. The first kappa shape index (κ1) is 17.1. The van der Waals surface area contributed by atoms with Crippen molar-refractivity contribution in [2.75, 3.05) is 11.1 Å². The molecule has 1 aromatic heterocycles. The molecular weight excluding hydrogens is 318 g/mol. The molecule has 3 rings (SSSR count). The van der Waals surface area contributed by atoms with E-state index >= 15 is 0 Å². The summed E-state index contributed by atoms with van der Waals surface area (Å²) in [6, 6.07) is 12.5. The molecule has 1 saturated carbocycles. The van der Waals surface area contributed by atoms with E-state index in [1.165, 1.54) is 24.2 Å². The first-order valence-corrected chi connectivity index (χ1v) is 9.75. The van der Waals surface area contributed by atoms with E-state index in [1.807, 2.05) is 35.9 Å². The number of carbonyl (C=O) groups excluding carboxylic acids is 1. The van der Waals surface area contributed by atoms with E-state index in [9.17, 15) is 4.79 Å². The van der Waals surface area contributed by atoms with Crippen LogP contribution in [-0.2, 0) is 4.79 Å². The van der Waals surface area contributed by atoms with Crippen LogP contribution in [0, 0.1) is 5.92 Å². The minimum atomic E-state index is -0.0510. The Kier molecular flexibility index (Phi) is 5.96. The van der Waals surface area contributed by atoms with Crippen LogP contribution in [0.2, 0.25) is 0 Å². The van der Waals surface area contributed by atoms with Gasteiger partial charge in [-0.05, 0) is 25.0 Å². The van der Waals surface area contributed by atoms with Gasteiger partial charge in [0, 0.05) is 22.6 Å². The number of aromatic nitrogens is 2. The zero-order chi connectivity index (χ0) is 16.8. The van der Waals surface area contributed by atoms with Gasteiger partial charge in [-0.25, -0.2) is 4.68 Å². The van der Waals surface area contributed by atoms with Gasteiger partial charge in [0.25, 0.3) is 0 Å². The Morgan fingerprint density at radius 2 is 2.00 bits per heavy atom. The van der Waals surface area contributed by atoms with Gasteiger partial charge >= 0.3 is 0 Å². The van der Waals surface area contributed by atoms with Crippen LogP contribution in [0.15, 0.2) is 47.5 Å². The van der Waals surface area contributed by atoms with Gasteiger partial charge in [-0.3, -0.25) is 4.79 Å². The quantitative estimate of drug-likeness (QED) is 0.770. The predicted octanol–water partition coefficient (Wildman–Crippen LogP) is 4.76. The Morgan fingerprint density at radius 1 is 1.25 bits per heavy atom. The van der Waals surface area contributed by atoms with Crippen LogP contribution in [-0.4, -0.2) is 21.4 Å². The second kappa shape index (κ2) is 8.38. The molecule has 1 N–H and O–H groups in total. The maximum Gasteiger partial charge on any atom is 0.229 e. The molecule has 1 heterocycles. The fraction of sp³-hybridized carbons (Fsp3) is 0.474. The van der Waals surface area contributed by atoms with Gasteiger partial charge in [0.2, 0.25) is 5.91 Å². The lowest BCUT2D eigenvalue weighted by atomic mass is 9.96. The number of nitrogens with zero attached hydrogens (tertiary/aromatic N) is 2. The van der Waals surface area contributed by atoms with Crippen LogP contribution in [0.3, 0.4) is 0 Å². The standard InChI is InChI=1S/C19H25N3OS/c1-15(14-24-17-10-6-3-7-11-17)19(23)21-18-12-13-20-22(18)16-8-4-2-5-9-16/h3,6-7,10-13,15-16H,2,4-5,8-9,14H2,1H3,(H,21,23). The molecule has 4 nitrogen and oxygen atoms in total. The van der Waals surface area contributed by atoms with Crippen LogP contribution in [0.25, 0.3) is 0 Å². The molecule has 0 radical (unpaired) electrons. The number of hydrogen-bond acceptors (Lipinski definition) is 3. The molecule has 1 aliphatic rings. The minimum Gasteiger partial charge on any atom is -0.311 e. The summed E-state index contributed by atoms with van der Waals surface area (Å²) in [5.74, 6) is 1.62. The summed E-state index contributed by atoms with van der Waals surface area (Å²) in [6.07, 6.45) is 7.92. The molecule has 0 spiro atoms. The Morgan fingerprint density at radius 3 is 2.75 bits per heavy atom. The third kappa shape index (κ3) is 4.41. The lowest BCUT2D eigenvalue weighted by Gasteiger charge is -2.24. The Labute approximate surface area is 148 Å². The molecule has 1 aliphatic carbocycles. The van der Waals surface area contributed by atoms with Gasteiger partial charge in [0.15, 0.2) is 0 Å². The van der Waals surface area contributed by atoms with Gasteiger partial charge in [-0.15, -0.1) is 11.8 Å². The average molecular weight is 343 g/mol. The normalized spacial score (nSPS) is 16.7. The topological polar surface area (TPSA) is 46.9 Å². The highest BCUT2D eigenvalue weighted by Gasteiger charge is 2.20. The molecule has 5 heteroatoms. The van der Waals surface area contributed by atoms with Crippen molar-refractivity contribution in [1.82, 2.24) is 9.78 Å². The molecule has 0 bridgehead atoms. The molecular formula is C19H25N3OS. The third-order valence-electron chi connectivity index (χ3n) is 4.53. The summed E-state index contributed by atoms with van der Waals surface area (Å²) in [5.41, 5.74) is 0. The van der Waals surface area contributed by atoms with Crippen LogP contribution in [0.5, 0.6) is 0 Å². The zero-order valence-electron chi connectivity index (χ0n) is 14.1. The van der Waals surface area contributed by atoms with Gasteiger partial charge in [0.05, 0.1) is 12.2 Å². The maximum absolute atomic E-state index is 12.5. The van der Waals surface area contributed by atoms with E-state index in [1.54, 1.807) is 18.0 Å². The summed E-state index contributed by atoms with van der Waals surface area (Å²) in [4.78, 5) is 13.7. The SMILES string of the molecule is CC(CSc1ccccc1)C(=O)Nc1ccnn1C1CCCCC1. The first-order valence-electron chi connectivity index (χ1n) is 8.76. The van der Waals surface area contributed by atoms with Gasteiger partial charge in [-0.1, -0.05) is 44.4 Å². The molecule has 0 aliphatic heterocycles. The molecule has 2 aromatic rings. The largest absolute Gasteiger partial charge is 0.311 e. The Balaban J connectivity index is 1.55. The smallest absolute Gasteiger partial charge is 0.229 e. The van der Waals surface area contributed by atoms with Gasteiger partial charge < -0.3 is 5.32 Å². The van der Waals surface area contributed by atoms with Crippen molar-refractivity contribution in [2.24, 2.45) is 5.92 Å². The Hall–Kier alpha value is -1.75. The lowest BCUT2D eigenvalue weighted by Crippen LogP contribution is -2.25. The number of benzene rings is 1. The second-order valence-electron chi connectivity index (χ2n) is 6.47. The molecule has 0 saturated heterocycles. The van der Waals surface area contributed by atoms with E-state index in [4.69, 9.17) is 0 Å². The number of hydrogen-bond donors (Lipinski definition) is 1. The van der Waals surface area contributed by atoms with E-state index in [-0.39, 0.29) is 11.8 Å². The number of anilines is 1. The van der Waals surface area contributed by atoms with Crippen LogP contribution < -0.4 is 5.32 Å². The van der Waals surface area contributed by atoms with Crippen LogP contribution >= 0.6 is 11.8 Å². The number of rotatable bonds is 6. The summed E-state index contributed by atoms with van der Waals surface area (Å²) < 4.78 is 2.01. The highest BCUT2D eigenvalue weighted by Crippen LogP contribution is 2.30. The molecule has 1 amide bonds. The van der Waals surface area contributed by atoms with Crippen molar-refractivity contribution in [1.29, 1.82) is 0 Å². The molecule has 24 heavy (non-hydrogen) atoms. The highest BCUT2D eigenvalue weighted by molar-refractivity contribution is 7.99. The molecule has 1 fully saturated rings. The number of carbonyl (C=O) groups is 1. The summed E-state index contributed by atoms with van der Waals surface area (Å²) in [5, 5.41) is 7.51. The molecule has 1 atom stereocenters. The summed E-state index contributed by atoms with van der Waals surface area (Å²) in [6.45, 7) is 1.98. The van der Waals surface area contributed by atoms with Crippen molar-refractivity contribution in [2.45, 2.75) is 50.0 Å². The van der Waals surface area contributed by atoms with Gasteiger partial charge in [-0.2, -0.15) is 5.10 Å². The first-order chi connectivity index (χ1) is 11.7. The summed E-state index contributed by atoms with van der Waals surface area (Å²) in [7, 11) is 0. The van der Waals surface area contributed by atoms with Crippen molar-refractivity contribution < 1.29 is 4.79 Å². The molecule has 1 unspecified atom stereocenters. The number of nitrogens with one attached hydrogen (secondary N) is 1. The van der Waals surface area contributed by atoms with Crippen molar-refractivity contribution in [3.05, 3.63) is 42.6 Å². The number of thioether (sulfide) groups is 1. The molecule has 128 valence electrons. The van der Waals surface area contributed by atoms with E-state index < -0.39 is 0 Å². The van der Waals surface area contributed by atoms with Crippen LogP contribution in [0.1, 0.15) is 45.1 Å². The van der Waals surface area contributed by atoms with Crippen LogP contribution in [0.4, 0.5) is 5.82 Å². The van der Waals surface area contributed by atoms with Crippen molar-refractivity contribution >= 4 is 23.5 Å². The van der Waals surface area contributed by atoms with Gasteiger partial charge in [0.1, 0.15) is 5.82 Å². The maximum atomic E-state index is 12.5. The second-order valence-corrected chi connectivity index (χ2v) is 7.56. The lowest BCUT2D eigenvalue weighted by molar-refractivity contribution is -0.118. The minimum absolute atomic E-state index is 0.0510. The number of amides is 1. The van der Waals surface area contributed by atoms with E-state index in [0.717, 1.165) is 24.4 Å². The fourth-order valence-corrected chi connectivity index (χ4v) is 4.04. The molecule has 1 aromatic carbocycles. The predicted molar refractivity (Wildman–Crippen MR) is 99.3 cm³/mol. The fourth-order valence-electron chi connectivity index (χ4n) is 3.09. The monoisotopic (exact) mass is 343 g/mol. The van der Waals surface area contributed by atoms with Crippen molar-refractivity contribution in [3.8, 4) is 0 Å². The zero-order valence-corrected chi connectivity index (χ0v) is 15.0.